The van der Waals surface area contributed by atoms with E-state index in [1.54, 1.807) is 61.6 Å². The zero-order chi connectivity index (χ0) is 21.1. The molecule has 0 aliphatic carbocycles. The fourth-order valence-electron chi connectivity index (χ4n) is 2.94. The molecule has 2 heterocycles. The minimum absolute atomic E-state index is 0.0166. The van der Waals surface area contributed by atoms with Crippen LogP contribution in [0.15, 0.2) is 64.5 Å². The maximum absolute atomic E-state index is 13.0. The Balaban J connectivity index is 1.86. The number of benzene rings is 2. The number of hydrazone groups is 1. The predicted molar refractivity (Wildman–Crippen MR) is 110 cm³/mol. The lowest BCUT2D eigenvalue weighted by molar-refractivity contribution is -0.110. The van der Waals surface area contributed by atoms with E-state index in [1.807, 2.05) is 0 Å². The Bertz CT molecular complexity index is 1300. The number of aromatic amines is 1. The molecule has 150 valence electrons. The highest BCUT2D eigenvalue weighted by atomic mass is 16.3. The van der Waals surface area contributed by atoms with Crippen LogP contribution in [-0.2, 0) is 11.8 Å². The van der Waals surface area contributed by atoms with Gasteiger partial charge in [-0.1, -0.05) is 35.4 Å². The largest absolute Gasteiger partial charge is 0.506 e. The molecule has 0 aliphatic heterocycles. The Labute approximate surface area is 169 Å². The topological polar surface area (TPSA) is 150 Å². The summed E-state index contributed by atoms with van der Waals surface area (Å²) in [7, 11) is 1.55. The molecule has 11 heteroatoms. The number of hydrogen-bond acceptors (Lipinski definition) is 8. The van der Waals surface area contributed by atoms with Crippen molar-refractivity contribution in [3.63, 3.8) is 0 Å². The van der Waals surface area contributed by atoms with Gasteiger partial charge >= 0.3 is 0 Å². The van der Waals surface area contributed by atoms with Crippen molar-refractivity contribution < 1.29 is 9.90 Å². The third-order valence-corrected chi connectivity index (χ3v) is 4.37. The van der Waals surface area contributed by atoms with Crippen LogP contribution in [0.25, 0.3) is 10.9 Å². The van der Waals surface area contributed by atoms with Gasteiger partial charge in [0.15, 0.2) is 5.71 Å². The van der Waals surface area contributed by atoms with Crippen molar-refractivity contribution in [3.05, 3.63) is 70.5 Å². The van der Waals surface area contributed by atoms with Crippen molar-refractivity contribution in [1.29, 1.82) is 0 Å². The number of nitrogens with zero attached hydrogens (tertiary/aromatic N) is 5. The molecule has 11 nitrogen and oxygen atoms in total. The summed E-state index contributed by atoms with van der Waals surface area (Å²) >= 11 is 0. The molecular formula is C19H16N8O3. The molecule has 4 aromatic rings. The van der Waals surface area contributed by atoms with E-state index in [4.69, 9.17) is 0 Å². The van der Waals surface area contributed by atoms with Crippen molar-refractivity contribution in [2.45, 2.75) is 0 Å². The molecule has 2 aromatic carbocycles. The second-order valence-corrected chi connectivity index (χ2v) is 6.23. The molecule has 30 heavy (non-hydrogen) atoms. The molecule has 0 aliphatic rings. The van der Waals surface area contributed by atoms with Gasteiger partial charge in [0, 0.05) is 18.1 Å². The third kappa shape index (κ3) is 3.46. The number of fused-ring (bicyclic) bond motifs is 1. The summed E-state index contributed by atoms with van der Waals surface area (Å²) in [5.41, 5.74) is 2.27. The number of nitrogens with one attached hydrogen (secondary N) is 3. The van der Waals surface area contributed by atoms with Crippen molar-refractivity contribution in [2.24, 2.45) is 12.1 Å². The number of aryl methyl sites for hydroxylation is 1. The Hall–Kier alpha value is -4.54. The third-order valence-electron chi connectivity index (χ3n) is 4.37. The minimum Gasteiger partial charge on any atom is -0.506 e. The quantitative estimate of drug-likeness (QED) is 0.288. The molecule has 1 amide bonds. The molecular weight excluding hydrogens is 388 g/mol. The fourth-order valence-corrected chi connectivity index (χ4v) is 2.94. The zero-order valence-electron chi connectivity index (χ0n) is 15.7. The molecule has 0 atom stereocenters. The van der Waals surface area contributed by atoms with Crippen LogP contribution in [0.5, 0.6) is 5.75 Å². The SMILES string of the molecule is Cn1c(=O)c(/C(=N\Nc2nn[nH]n2)C(=O)Nc2ccccc2)c(O)c2ccccc21. The van der Waals surface area contributed by atoms with Crippen molar-refractivity contribution >= 4 is 34.2 Å². The Kier molecular flexibility index (Phi) is 4.91. The lowest BCUT2D eigenvalue weighted by atomic mass is 10.1. The Morgan fingerprint density at radius 3 is 2.60 bits per heavy atom. The van der Waals surface area contributed by atoms with E-state index in [9.17, 15) is 14.7 Å². The first kappa shape index (κ1) is 18.8. The van der Waals surface area contributed by atoms with Crippen LogP contribution in [0.2, 0.25) is 0 Å². The molecule has 0 bridgehead atoms. The molecule has 4 rings (SSSR count). The number of para-hydroxylation sites is 2. The second kappa shape index (κ2) is 7.83. The van der Waals surface area contributed by atoms with Crippen LogP contribution in [-0.4, -0.2) is 41.9 Å². The minimum atomic E-state index is -0.708. The van der Waals surface area contributed by atoms with E-state index in [1.165, 1.54) is 4.57 Å². The zero-order valence-corrected chi connectivity index (χ0v) is 15.7. The molecule has 0 saturated carbocycles. The van der Waals surface area contributed by atoms with Gasteiger partial charge in [-0.05, 0) is 29.5 Å². The average Bonchev–Trinajstić information content (AvgIpc) is 3.28. The van der Waals surface area contributed by atoms with E-state index in [-0.39, 0.29) is 23.0 Å². The summed E-state index contributed by atoms with van der Waals surface area (Å²) in [6.07, 6.45) is 0. The summed E-state index contributed by atoms with van der Waals surface area (Å²) in [6.45, 7) is 0. The number of hydrogen-bond donors (Lipinski definition) is 4. The van der Waals surface area contributed by atoms with Gasteiger partial charge in [0.1, 0.15) is 11.3 Å². The first-order valence-electron chi connectivity index (χ1n) is 8.81. The van der Waals surface area contributed by atoms with Crippen LogP contribution in [0.3, 0.4) is 0 Å². The van der Waals surface area contributed by atoms with Gasteiger partial charge < -0.3 is 15.0 Å². The van der Waals surface area contributed by atoms with E-state index in [0.29, 0.717) is 16.6 Å². The average molecular weight is 404 g/mol. The molecule has 4 N–H and O–H groups in total. The maximum atomic E-state index is 13.0. The van der Waals surface area contributed by atoms with E-state index < -0.39 is 11.5 Å². The van der Waals surface area contributed by atoms with Gasteiger partial charge in [0.25, 0.3) is 17.4 Å². The van der Waals surface area contributed by atoms with Crippen LogP contribution >= 0.6 is 0 Å². The lowest BCUT2D eigenvalue weighted by Crippen LogP contribution is -2.33. The highest BCUT2D eigenvalue weighted by Crippen LogP contribution is 2.26. The fraction of sp³-hybridized carbons (Fsp3) is 0.0526. The monoisotopic (exact) mass is 404 g/mol. The first-order valence-corrected chi connectivity index (χ1v) is 8.81. The number of aromatic nitrogens is 5. The summed E-state index contributed by atoms with van der Waals surface area (Å²) in [6, 6.07) is 15.5. The van der Waals surface area contributed by atoms with E-state index >= 15 is 0 Å². The molecule has 0 unspecified atom stereocenters. The molecule has 0 spiro atoms. The van der Waals surface area contributed by atoms with Crippen molar-refractivity contribution in [2.75, 3.05) is 10.7 Å². The van der Waals surface area contributed by atoms with E-state index in [0.717, 1.165) is 0 Å². The van der Waals surface area contributed by atoms with Crippen LogP contribution in [0.1, 0.15) is 5.56 Å². The number of carbonyl (C=O) groups is 1. The number of pyridine rings is 1. The van der Waals surface area contributed by atoms with Crippen molar-refractivity contribution in [3.8, 4) is 5.75 Å². The number of aromatic hydroxyl groups is 1. The van der Waals surface area contributed by atoms with Crippen molar-refractivity contribution in [1.82, 2.24) is 25.2 Å². The molecule has 2 aromatic heterocycles. The Morgan fingerprint density at radius 2 is 1.87 bits per heavy atom. The predicted octanol–water partition coefficient (Wildman–Crippen LogP) is 1.21. The molecule has 0 radical (unpaired) electrons. The lowest BCUT2D eigenvalue weighted by Gasteiger charge is -2.13. The highest BCUT2D eigenvalue weighted by Gasteiger charge is 2.25. The standard InChI is InChI=1S/C19H16N8O3/c1-27-13-10-6-5-9-12(13)16(28)14(18(27)30)15(21-22-19-23-25-26-24-19)17(29)20-11-7-3-2-4-8-11/h2-10,28H,1H3,(H,20,29)(H2,22,23,24,25,26)/b21-15+. The van der Waals surface area contributed by atoms with Gasteiger partial charge in [0.2, 0.25) is 0 Å². The van der Waals surface area contributed by atoms with Crippen LogP contribution < -0.4 is 16.3 Å². The summed E-state index contributed by atoms with van der Waals surface area (Å²) in [4.78, 5) is 26.0. The number of anilines is 2. The van der Waals surface area contributed by atoms with Crippen LogP contribution in [0.4, 0.5) is 11.6 Å². The number of tetrazole rings is 1. The van der Waals surface area contributed by atoms with Gasteiger partial charge in [-0.25, -0.2) is 5.43 Å². The number of amides is 1. The first-order chi connectivity index (χ1) is 14.6. The molecule has 0 saturated heterocycles. The summed E-state index contributed by atoms with van der Waals surface area (Å²) in [5.74, 6) is -1.08. The summed E-state index contributed by atoms with van der Waals surface area (Å²) in [5, 5.41) is 30.9. The smallest absolute Gasteiger partial charge is 0.283 e. The van der Waals surface area contributed by atoms with Gasteiger partial charge in [0.05, 0.1) is 5.52 Å². The number of H-pyrrole nitrogens is 1. The van der Waals surface area contributed by atoms with Gasteiger partial charge in [-0.2, -0.15) is 10.3 Å². The maximum Gasteiger partial charge on any atom is 0.283 e. The summed E-state index contributed by atoms with van der Waals surface area (Å²) < 4.78 is 1.34. The van der Waals surface area contributed by atoms with E-state index in [2.05, 4.69) is 36.5 Å². The van der Waals surface area contributed by atoms with Gasteiger partial charge in [-0.3, -0.25) is 9.59 Å². The number of carbonyl (C=O) groups excluding carboxylic acids is 1. The Morgan fingerprint density at radius 1 is 1.13 bits per heavy atom. The highest BCUT2D eigenvalue weighted by molar-refractivity contribution is 6.49. The number of rotatable bonds is 5. The molecule has 0 fully saturated rings. The van der Waals surface area contributed by atoms with Gasteiger partial charge in [-0.15, -0.1) is 5.10 Å². The normalized spacial score (nSPS) is 11.4. The second-order valence-electron chi connectivity index (χ2n) is 6.23. The van der Waals surface area contributed by atoms with Crippen LogP contribution in [0, 0.1) is 0 Å².